The molecule has 1 aliphatic rings. The maximum absolute atomic E-state index is 9.37. The third kappa shape index (κ3) is 2.96. The molecule has 0 aliphatic carbocycles. The quantitative estimate of drug-likeness (QED) is 0.892. The lowest BCUT2D eigenvalue weighted by atomic mass is 10.2. The summed E-state index contributed by atoms with van der Waals surface area (Å²) in [7, 11) is 0. The second-order valence-corrected chi connectivity index (χ2v) is 5.82. The summed E-state index contributed by atoms with van der Waals surface area (Å²) in [6.45, 7) is 4.21. The smallest absolute Gasteiger partial charge is 0.177 e. The van der Waals surface area contributed by atoms with Crippen LogP contribution in [-0.2, 0) is 0 Å². The Morgan fingerprint density at radius 3 is 3.05 bits per heavy atom. The van der Waals surface area contributed by atoms with Crippen LogP contribution in [0.2, 0.25) is 0 Å². The van der Waals surface area contributed by atoms with Gasteiger partial charge >= 0.3 is 0 Å². The van der Waals surface area contributed by atoms with E-state index in [0.717, 1.165) is 24.3 Å². The Morgan fingerprint density at radius 2 is 2.21 bits per heavy atom. The van der Waals surface area contributed by atoms with Crippen molar-refractivity contribution < 1.29 is 9.63 Å². The molecule has 1 saturated heterocycles. The van der Waals surface area contributed by atoms with Gasteiger partial charge in [-0.2, -0.15) is 11.8 Å². The third-order valence-corrected chi connectivity index (χ3v) is 4.22. The number of nitrogens with zero attached hydrogens (tertiary/aromatic N) is 2. The van der Waals surface area contributed by atoms with Crippen LogP contribution in [0, 0.1) is 0 Å². The summed E-state index contributed by atoms with van der Waals surface area (Å²) in [5.74, 6) is 3.40. The number of fused-ring (bicyclic) bond motifs is 1. The fraction of sp³-hybridized carbons (Fsp3) is 0.462. The first-order chi connectivity index (χ1) is 9.33. The molecule has 0 radical (unpaired) electrons. The molecule has 102 valence electrons. The van der Waals surface area contributed by atoms with Crippen molar-refractivity contribution in [1.82, 2.24) is 10.1 Å². The molecule has 1 fully saturated rings. The molecule has 5 nitrogen and oxygen atoms in total. The number of hydrogen-bond acceptors (Lipinski definition) is 6. The van der Waals surface area contributed by atoms with E-state index in [1.165, 1.54) is 24.6 Å². The fourth-order valence-corrected chi connectivity index (χ4v) is 3.19. The van der Waals surface area contributed by atoms with Crippen molar-refractivity contribution >= 4 is 28.5 Å². The molecule has 19 heavy (non-hydrogen) atoms. The zero-order valence-corrected chi connectivity index (χ0v) is 11.4. The van der Waals surface area contributed by atoms with Crippen LogP contribution in [-0.4, -0.2) is 52.8 Å². The summed E-state index contributed by atoms with van der Waals surface area (Å²) in [5, 5.41) is 17.6. The standard InChI is InChI=1S/C13H17N3O2S/c17-10-1-2-11-12(9-10)18-15-13(11)14-3-4-16-5-7-19-8-6-16/h1-2,9,17H,3-8H2,(H,14,15). The van der Waals surface area contributed by atoms with Gasteiger partial charge in [0.1, 0.15) is 5.75 Å². The van der Waals surface area contributed by atoms with Crippen LogP contribution in [0.1, 0.15) is 0 Å². The summed E-state index contributed by atoms with van der Waals surface area (Å²) >= 11 is 2.02. The number of aromatic hydroxyl groups is 1. The van der Waals surface area contributed by atoms with Crippen molar-refractivity contribution in [3.8, 4) is 5.75 Å². The molecule has 3 rings (SSSR count). The average molecular weight is 279 g/mol. The van der Waals surface area contributed by atoms with E-state index >= 15 is 0 Å². The Bertz CT molecular complexity index is 552. The molecule has 1 aromatic heterocycles. The van der Waals surface area contributed by atoms with Gasteiger partial charge in [-0.25, -0.2) is 0 Å². The number of thioether (sulfide) groups is 1. The van der Waals surface area contributed by atoms with Gasteiger partial charge in [0, 0.05) is 43.8 Å². The van der Waals surface area contributed by atoms with Crippen molar-refractivity contribution in [3.05, 3.63) is 18.2 Å². The molecule has 1 aliphatic heterocycles. The lowest BCUT2D eigenvalue weighted by molar-refractivity contribution is 0.314. The molecule has 0 bridgehead atoms. The molecular formula is C13H17N3O2S. The van der Waals surface area contributed by atoms with Gasteiger partial charge in [-0.05, 0) is 12.1 Å². The zero-order chi connectivity index (χ0) is 13.1. The molecule has 0 saturated carbocycles. The Balaban J connectivity index is 1.59. The number of benzene rings is 1. The van der Waals surface area contributed by atoms with Gasteiger partial charge in [0.15, 0.2) is 11.4 Å². The Morgan fingerprint density at radius 1 is 1.37 bits per heavy atom. The maximum Gasteiger partial charge on any atom is 0.177 e. The molecule has 0 atom stereocenters. The molecule has 0 unspecified atom stereocenters. The van der Waals surface area contributed by atoms with Gasteiger partial charge < -0.3 is 14.9 Å². The van der Waals surface area contributed by atoms with Crippen LogP contribution in [0.3, 0.4) is 0 Å². The van der Waals surface area contributed by atoms with Gasteiger partial charge in [0.2, 0.25) is 0 Å². The van der Waals surface area contributed by atoms with Crippen molar-refractivity contribution in [2.24, 2.45) is 0 Å². The fourth-order valence-electron chi connectivity index (χ4n) is 2.21. The summed E-state index contributed by atoms with van der Waals surface area (Å²) < 4.78 is 5.18. The van der Waals surface area contributed by atoms with E-state index in [9.17, 15) is 5.11 Å². The second-order valence-electron chi connectivity index (χ2n) is 4.59. The van der Waals surface area contributed by atoms with Crippen LogP contribution < -0.4 is 5.32 Å². The molecule has 2 aromatic rings. The van der Waals surface area contributed by atoms with Crippen LogP contribution >= 0.6 is 11.8 Å². The number of nitrogens with one attached hydrogen (secondary N) is 1. The number of hydrogen-bond donors (Lipinski definition) is 2. The highest BCUT2D eigenvalue weighted by molar-refractivity contribution is 7.99. The topological polar surface area (TPSA) is 61.5 Å². The minimum Gasteiger partial charge on any atom is -0.508 e. The minimum absolute atomic E-state index is 0.195. The number of aromatic nitrogens is 1. The van der Waals surface area contributed by atoms with Crippen molar-refractivity contribution in [1.29, 1.82) is 0 Å². The van der Waals surface area contributed by atoms with E-state index < -0.39 is 0 Å². The minimum atomic E-state index is 0.195. The molecule has 2 heterocycles. The number of rotatable bonds is 4. The Labute approximate surface area is 115 Å². The van der Waals surface area contributed by atoms with E-state index in [1.54, 1.807) is 12.1 Å². The lowest BCUT2D eigenvalue weighted by Crippen LogP contribution is -2.36. The van der Waals surface area contributed by atoms with Crippen molar-refractivity contribution in [3.63, 3.8) is 0 Å². The van der Waals surface area contributed by atoms with Crippen molar-refractivity contribution in [2.75, 3.05) is 43.0 Å². The second kappa shape index (κ2) is 5.71. The highest BCUT2D eigenvalue weighted by Gasteiger charge is 2.11. The molecule has 6 heteroatoms. The van der Waals surface area contributed by atoms with E-state index in [-0.39, 0.29) is 5.75 Å². The summed E-state index contributed by atoms with van der Waals surface area (Å²) in [6, 6.07) is 5.04. The van der Waals surface area contributed by atoms with E-state index in [2.05, 4.69) is 15.4 Å². The molecular weight excluding hydrogens is 262 g/mol. The maximum atomic E-state index is 9.37. The van der Waals surface area contributed by atoms with E-state index in [0.29, 0.717) is 5.58 Å². The first-order valence-corrected chi connectivity index (χ1v) is 7.61. The van der Waals surface area contributed by atoms with Gasteiger partial charge in [-0.15, -0.1) is 0 Å². The van der Waals surface area contributed by atoms with Gasteiger partial charge in [0.25, 0.3) is 0 Å². The number of anilines is 1. The molecule has 0 spiro atoms. The monoisotopic (exact) mass is 279 g/mol. The van der Waals surface area contributed by atoms with E-state index in [1.807, 2.05) is 17.8 Å². The molecule has 0 amide bonds. The highest BCUT2D eigenvalue weighted by atomic mass is 32.2. The first-order valence-electron chi connectivity index (χ1n) is 6.45. The van der Waals surface area contributed by atoms with Crippen molar-refractivity contribution in [2.45, 2.75) is 0 Å². The highest BCUT2D eigenvalue weighted by Crippen LogP contribution is 2.25. The van der Waals surface area contributed by atoms with Crippen LogP contribution in [0.15, 0.2) is 22.7 Å². The Kier molecular flexibility index (Phi) is 3.79. The molecule has 1 aromatic carbocycles. The predicted octanol–water partition coefficient (Wildman–Crippen LogP) is 1.99. The van der Waals surface area contributed by atoms with Crippen LogP contribution in [0.5, 0.6) is 5.75 Å². The Hall–Kier alpha value is -1.40. The largest absolute Gasteiger partial charge is 0.508 e. The summed E-state index contributed by atoms with van der Waals surface area (Å²) in [5.41, 5.74) is 0.608. The lowest BCUT2D eigenvalue weighted by Gasteiger charge is -2.25. The average Bonchev–Trinajstić information content (AvgIpc) is 2.82. The van der Waals surface area contributed by atoms with Gasteiger partial charge in [0.05, 0.1) is 5.39 Å². The van der Waals surface area contributed by atoms with E-state index in [4.69, 9.17) is 4.52 Å². The first kappa shape index (κ1) is 12.6. The van der Waals surface area contributed by atoms with Crippen LogP contribution in [0.4, 0.5) is 5.82 Å². The number of phenols is 1. The summed E-state index contributed by atoms with van der Waals surface area (Å²) in [6.07, 6.45) is 0. The SMILES string of the molecule is Oc1ccc2c(NCCN3CCSCC3)noc2c1. The van der Waals surface area contributed by atoms with Gasteiger partial charge in [-0.3, -0.25) is 4.90 Å². The molecule has 2 N–H and O–H groups in total. The zero-order valence-electron chi connectivity index (χ0n) is 10.6. The summed E-state index contributed by atoms with van der Waals surface area (Å²) in [4.78, 5) is 2.46. The predicted molar refractivity (Wildman–Crippen MR) is 77.9 cm³/mol. The van der Waals surface area contributed by atoms with Crippen LogP contribution in [0.25, 0.3) is 11.0 Å². The number of phenolic OH excluding ortho intramolecular Hbond substituents is 1. The van der Waals surface area contributed by atoms with Gasteiger partial charge in [-0.1, -0.05) is 5.16 Å². The normalized spacial score (nSPS) is 16.8. The third-order valence-electron chi connectivity index (χ3n) is 3.28.